The molecule has 2 fully saturated rings. The Labute approximate surface area is 259 Å². The van der Waals surface area contributed by atoms with Crippen molar-refractivity contribution in [2.24, 2.45) is 11.7 Å². The van der Waals surface area contributed by atoms with Crippen LogP contribution in [0.5, 0.6) is 28.7 Å². The fourth-order valence-electron chi connectivity index (χ4n) is 6.56. The van der Waals surface area contributed by atoms with E-state index in [1.807, 2.05) is 24.3 Å². The van der Waals surface area contributed by atoms with Crippen LogP contribution in [0.25, 0.3) is 0 Å². The monoisotopic (exact) mass is 609 g/mol. The Morgan fingerprint density at radius 1 is 1.02 bits per heavy atom. The third-order valence-corrected chi connectivity index (χ3v) is 9.00. The molecule has 3 aliphatic rings. The molecule has 240 valence electrons. The molecule has 0 spiro atoms. The summed E-state index contributed by atoms with van der Waals surface area (Å²) in [4.78, 5) is 0. The molecular weight excluding hydrogens is 562 g/mol. The van der Waals surface area contributed by atoms with Crippen LogP contribution >= 0.6 is 0 Å². The van der Waals surface area contributed by atoms with Gasteiger partial charge in [0.1, 0.15) is 6.61 Å². The highest BCUT2D eigenvalue weighted by molar-refractivity contribution is 5.53. The van der Waals surface area contributed by atoms with Gasteiger partial charge in [0.05, 0.1) is 38.4 Å². The summed E-state index contributed by atoms with van der Waals surface area (Å²) in [6, 6.07) is 9.34. The zero-order valence-electron chi connectivity index (χ0n) is 25.9. The summed E-state index contributed by atoms with van der Waals surface area (Å²) in [5.41, 5.74) is 9.04. The standard InChI is InChI=1S/C34H47N3O7/c1-20-4-7-23(12-22-10-11-36-33(35)14-22)27(37-20)19-43-32-16-24(15-31(42-3)34(32)40)29-18-25(38)17-26(44-29)8-5-21-6-9-28(39)30(13-21)41-2/h6,9-10,13-16,20,23,25-27,29,36-40H,4-5,7-8,11-12,17-19,35H2,1-3H3. The highest BCUT2D eigenvalue weighted by Crippen LogP contribution is 2.43. The molecule has 0 aliphatic carbocycles. The largest absolute Gasteiger partial charge is 0.504 e. The number of piperidine rings is 1. The van der Waals surface area contributed by atoms with Crippen molar-refractivity contribution in [3.8, 4) is 28.7 Å². The molecule has 0 amide bonds. The van der Waals surface area contributed by atoms with Crippen molar-refractivity contribution in [3.63, 3.8) is 0 Å². The topological polar surface area (TPSA) is 148 Å². The second kappa shape index (κ2) is 14.5. The number of allylic oxidation sites excluding steroid dienone is 2. The van der Waals surface area contributed by atoms with Crippen molar-refractivity contribution in [3.05, 3.63) is 65.0 Å². The predicted molar refractivity (Wildman–Crippen MR) is 168 cm³/mol. The van der Waals surface area contributed by atoms with E-state index in [4.69, 9.17) is 24.7 Å². The fourth-order valence-corrected chi connectivity index (χ4v) is 6.56. The maximum absolute atomic E-state index is 11.0. The maximum Gasteiger partial charge on any atom is 0.200 e. The van der Waals surface area contributed by atoms with Gasteiger partial charge in [-0.3, -0.25) is 0 Å². The van der Waals surface area contributed by atoms with Gasteiger partial charge in [-0.05, 0) is 98.4 Å². The Hall–Kier alpha value is -3.60. The first-order valence-electron chi connectivity index (χ1n) is 15.6. The minimum atomic E-state index is -0.529. The number of phenolic OH excluding ortho intramolecular Hbond substituents is 2. The lowest BCUT2D eigenvalue weighted by atomic mass is 9.83. The van der Waals surface area contributed by atoms with Crippen LogP contribution in [0, 0.1) is 5.92 Å². The summed E-state index contributed by atoms with van der Waals surface area (Å²) < 4.78 is 23.6. The number of hydrogen-bond donors (Lipinski definition) is 6. The van der Waals surface area contributed by atoms with Crippen LogP contribution in [-0.4, -0.2) is 67.0 Å². The smallest absolute Gasteiger partial charge is 0.200 e. The van der Waals surface area contributed by atoms with E-state index in [1.54, 1.807) is 12.1 Å². The molecule has 2 aromatic carbocycles. The lowest BCUT2D eigenvalue weighted by molar-refractivity contribution is -0.0999. The molecule has 6 unspecified atom stereocenters. The minimum Gasteiger partial charge on any atom is -0.504 e. The van der Waals surface area contributed by atoms with Crippen molar-refractivity contribution in [1.82, 2.24) is 10.6 Å². The number of aliphatic hydroxyl groups excluding tert-OH is 1. The SMILES string of the molecule is COc1cc(CCC2CC(O)CC(c3cc(OC)c(O)c(OCC4NC(C)CCC4CC4=CCNC(N)=C4)c3)O2)ccc1O. The van der Waals surface area contributed by atoms with Gasteiger partial charge in [0.25, 0.3) is 0 Å². The van der Waals surface area contributed by atoms with Crippen LogP contribution in [0.15, 0.2) is 53.9 Å². The second-order valence-electron chi connectivity index (χ2n) is 12.3. The van der Waals surface area contributed by atoms with E-state index < -0.39 is 6.10 Å². The molecule has 6 atom stereocenters. The van der Waals surface area contributed by atoms with Crippen LogP contribution in [-0.2, 0) is 11.2 Å². The fraction of sp³-hybridized carbons (Fsp3) is 0.529. The number of ether oxygens (including phenoxy) is 4. The molecule has 0 radical (unpaired) electrons. The molecule has 5 rings (SSSR count). The number of methoxy groups -OCH3 is 2. The third-order valence-electron chi connectivity index (χ3n) is 9.00. The summed E-state index contributed by atoms with van der Waals surface area (Å²) in [5, 5.41) is 38.5. The van der Waals surface area contributed by atoms with E-state index >= 15 is 0 Å². The number of aliphatic hydroxyl groups is 1. The molecule has 0 bridgehead atoms. The zero-order valence-corrected chi connectivity index (χ0v) is 25.9. The number of dihydropyridines is 1. The van der Waals surface area contributed by atoms with Crippen molar-refractivity contribution in [2.75, 3.05) is 27.4 Å². The van der Waals surface area contributed by atoms with Crippen molar-refractivity contribution >= 4 is 0 Å². The summed E-state index contributed by atoms with van der Waals surface area (Å²) in [5.74, 6) is 2.17. The van der Waals surface area contributed by atoms with Gasteiger partial charge in [0, 0.05) is 25.0 Å². The van der Waals surface area contributed by atoms with Crippen molar-refractivity contribution in [1.29, 1.82) is 0 Å². The van der Waals surface area contributed by atoms with Crippen LogP contribution in [0.4, 0.5) is 0 Å². The van der Waals surface area contributed by atoms with Gasteiger partial charge < -0.3 is 50.6 Å². The Morgan fingerprint density at radius 2 is 1.82 bits per heavy atom. The van der Waals surface area contributed by atoms with Crippen LogP contribution in [0.1, 0.15) is 62.7 Å². The molecule has 2 saturated heterocycles. The van der Waals surface area contributed by atoms with Crippen molar-refractivity contribution in [2.45, 2.75) is 82.3 Å². The predicted octanol–water partition coefficient (Wildman–Crippen LogP) is 4.18. The number of hydrogen-bond acceptors (Lipinski definition) is 10. The average Bonchev–Trinajstić information content (AvgIpc) is 3.01. The van der Waals surface area contributed by atoms with Crippen LogP contribution in [0.2, 0.25) is 0 Å². The molecule has 0 saturated carbocycles. The number of nitrogens with two attached hydrogens (primary N) is 1. The number of rotatable bonds is 11. The van der Waals surface area contributed by atoms with Gasteiger partial charge in [0.2, 0.25) is 5.75 Å². The number of aromatic hydroxyl groups is 2. The quantitative estimate of drug-likeness (QED) is 0.219. The van der Waals surface area contributed by atoms with Crippen LogP contribution < -0.4 is 30.6 Å². The highest BCUT2D eigenvalue weighted by Gasteiger charge is 2.32. The van der Waals surface area contributed by atoms with Crippen LogP contribution in [0.3, 0.4) is 0 Å². The Balaban J connectivity index is 1.27. The van der Waals surface area contributed by atoms with Gasteiger partial charge in [-0.15, -0.1) is 0 Å². The van der Waals surface area contributed by atoms with E-state index in [1.165, 1.54) is 19.8 Å². The number of phenols is 2. The Morgan fingerprint density at radius 3 is 2.59 bits per heavy atom. The van der Waals surface area contributed by atoms with Gasteiger partial charge >= 0.3 is 0 Å². The average molecular weight is 610 g/mol. The van der Waals surface area contributed by atoms with Gasteiger partial charge in [-0.25, -0.2) is 0 Å². The normalized spacial score (nSPS) is 27.1. The molecular formula is C34H47N3O7. The molecule has 3 heterocycles. The van der Waals surface area contributed by atoms with Gasteiger partial charge in [-0.2, -0.15) is 0 Å². The Bertz CT molecular complexity index is 1350. The second-order valence-corrected chi connectivity index (χ2v) is 12.3. The Kier molecular flexibility index (Phi) is 10.5. The van der Waals surface area contributed by atoms with E-state index in [9.17, 15) is 15.3 Å². The zero-order chi connectivity index (χ0) is 31.2. The van der Waals surface area contributed by atoms with Crippen molar-refractivity contribution < 1.29 is 34.3 Å². The highest BCUT2D eigenvalue weighted by atomic mass is 16.5. The number of benzene rings is 2. The first-order chi connectivity index (χ1) is 21.2. The first kappa shape index (κ1) is 31.8. The lowest BCUT2D eigenvalue weighted by Crippen LogP contribution is -2.49. The van der Waals surface area contributed by atoms with Gasteiger partial charge in [0.15, 0.2) is 23.0 Å². The van der Waals surface area contributed by atoms with E-state index in [2.05, 4.69) is 23.6 Å². The molecule has 3 aliphatic heterocycles. The lowest BCUT2D eigenvalue weighted by Gasteiger charge is -2.37. The molecule has 10 heteroatoms. The molecule has 44 heavy (non-hydrogen) atoms. The number of aryl methyl sites for hydroxylation is 1. The van der Waals surface area contributed by atoms with E-state index in [0.29, 0.717) is 67.3 Å². The summed E-state index contributed by atoms with van der Waals surface area (Å²) >= 11 is 0. The van der Waals surface area contributed by atoms with Gasteiger partial charge in [-0.1, -0.05) is 12.1 Å². The maximum atomic E-state index is 11.0. The molecule has 10 nitrogen and oxygen atoms in total. The molecule has 2 aromatic rings. The summed E-state index contributed by atoms with van der Waals surface area (Å²) in [6.07, 6.45) is 8.52. The molecule has 0 aromatic heterocycles. The number of nitrogens with one attached hydrogen (secondary N) is 2. The molecule has 7 N–H and O–H groups in total. The van der Waals surface area contributed by atoms with E-state index in [-0.39, 0.29) is 29.7 Å². The minimum absolute atomic E-state index is 0.0531. The third kappa shape index (κ3) is 7.91. The first-order valence-corrected chi connectivity index (χ1v) is 15.6. The summed E-state index contributed by atoms with van der Waals surface area (Å²) in [6.45, 7) is 3.30. The van der Waals surface area contributed by atoms with E-state index in [0.717, 1.165) is 36.9 Å². The summed E-state index contributed by atoms with van der Waals surface area (Å²) in [7, 11) is 3.04.